The van der Waals surface area contributed by atoms with Crippen LogP contribution in [0.15, 0.2) is 29.3 Å². The van der Waals surface area contributed by atoms with Crippen molar-refractivity contribution in [3.05, 3.63) is 29.8 Å². The van der Waals surface area contributed by atoms with E-state index < -0.39 is 157 Å². The van der Waals surface area contributed by atoms with E-state index in [4.69, 9.17) is 22.3 Å². The zero-order chi connectivity index (χ0) is 57.3. The van der Waals surface area contributed by atoms with Gasteiger partial charge in [-0.2, -0.15) is 0 Å². The van der Waals surface area contributed by atoms with Gasteiger partial charge in [0, 0.05) is 25.8 Å². The van der Waals surface area contributed by atoms with E-state index in [2.05, 4.69) is 47.5 Å². The smallest absolute Gasteiger partial charge is 0.326 e. The molecule has 29 heteroatoms. The minimum atomic E-state index is -1.77. The molecule has 1 aromatic carbocycles. The van der Waals surface area contributed by atoms with Crippen molar-refractivity contribution >= 4 is 71.1 Å². The molecule has 1 rings (SSSR count). The third kappa shape index (κ3) is 24.7. The molecule has 0 radical (unpaired) electrons. The Morgan fingerprint density at radius 3 is 1.53 bits per heavy atom. The Morgan fingerprint density at radius 1 is 0.560 bits per heavy atom. The number of carboxylic acids is 3. The van der Waals surface area contributed by atoms with E-state index in [1.807, 2.05) is 0 Å². The molecule has 0 aromatic heterocycles. The van der Waals surface area contributed by atoms with Crippen LogP contribution in [0.4, 0.5) is 0 Å². The summed E-state index contributed by atoms with van der Waals surface area (Å²) in [5.41, 5.74) is 17.0. The number of phenolic OH excluding ortho intramolecular Hbond substituents is 1. The first-order valence-electron chi connectivity index (χ1n) is 23.9. The third-order valence-corrected chi connectivity index (χ3v) is 11.1. The summed E-state index contributed by atoms with van der Waals surface area (Å²) < 4.78 is 0. The Bertz CT molecular complexity index is 2170. The number of hydrogen-bond donors (Lipinski definition) is 17. The highest BCUT2D eigenvalue weighted by Gasteiger charge is 2.36. The lowest BCUT2D eigenvalue weighted by Gasteiger charge is -2.28. The number of benzene rings is 1. The van der Waals surface area contributed by atoms with Crippen LogP contribution in [0.3, 0.4) is 0 Å². The van der Waals surface area contributed by atoms with Crippen LogP contribution in [0.2, 0.25) is 0 Å². The summed E-state index contributed by atoms with van der Waals surface area (Å²) in [5, 5.41) is 77.1. The molecule has 0 fully saturated rings. The third-order valence-electron chi connectivity index (χ3n) is 11.1. The number of amides is 8. The fourth-order valence-electron chi connectivity index (χ4n) is 6.88. The van der Waals surface area contributed by atoms with E-state index in [0.717, 1.165) is 0 Å². The van der Waals surface area contributed by atoms with E-state index in [1.54, 1.807) is 13.8 Å². The fourth-order valence-corrected chi connectivity index (χ4v) is 6.88. The molecule has 10 atom stereocenters. The normalized spacial score (nSPS) is 15.1. The number of phenols is 1. The maximum atomic E-state index is 13.9. The SMILES string of the molecule is CC(C)C[C@H](NC(=O)[C@@H](NC(=O)[C@@H](N)CCC(=O)O)[C@@H](C)O)C(=O)N[C@@H](CCCN=C(N)N)C(=O)N[C@@H](CO)C(=O)N[C@@H](C)C(=O)N[C@H](C(=O)N[C@@H](CCC(=O)O)C(=O)N[C@@H](Cc1ccc(O)cc1)C(=O)O)C(C)C. The van der Waals surface area contributed by atoms with Gasteiger partial charge in [-0.1, -0.05) is 39.8 Å². The summed E-state index contributed by atoms with van der Waals surface area (Å²) in [4.78, 5) is 146. The number of aliphatic imine (C=N–C) groups is 1. The number of aliphatic hydroxyl groups excluding tert-OH is 2. The Labute approximate surface area is 432 Å². The molecule has 29 nitrogen and oxygen atoms in total. The summed E-state index contributed by atoms with van der Waals surface area (Å²) in [6, 6.07) is -8.30. The van der Waals surface area contributed by atoms with Crippen molar-refractivity contribution in [2.45, 2.75) is 153 Å². The lowest BCUT2D eigenvalue weighted by atomic mass is 10.0. The minimum absolute atomic E-state index is 0.0338. The topological polar surface area (TPSA) is 496 Å². The second-order valence-corrected chi connectivity index (χ2v) is 18.4. The summed E-state index contributed by atoms with van der Waals surface area (Å²) in [6.07, 6.45) is -3.83. The lowest BCUT2D eigenvalue weighted by Crippen LogP contribution is -2.61. The van der Waals surface area contributed by atoms with Gasteiger partial charge in [-0.25, -0.2) is 4.79 Å². The highest BCUT2D eigenvalue weighted by atomic mass is 16.4. The molecule has 0 aliphatic carbocycles. The first kappa shape index (κ1) is 65.4. The fraction of sp³-hybridized carbons (Fsp3) is 0.609. The van der Waals surface area contributed by atoms with Crippen molar-refractivity contribution in [3.8, 4) is 5.75 Å². The van der Waals surface area contributed by atoms with Crippen LogP contribution in [0, 0.1) is 11.8 Å². The molecular formula is C46H74N12O17. The maximum Gasteiger partial charge on any atom is 0.326 e. The van der Waals surface area contributed by atoms with Crippen LogP contribution in [0.25, 0.3) is 0 Å². The van der Waals surface area contributed by atoms with Crippen molar-refractivity contribution in [1.82, 2.24) is 42.5 Å². The van der Waals surface area contributed by atoms with Gasteiger partial charge in [-0.3, -0.25) is 52.9 Å². The van der Waals surface area contributed by atoms with Crippen molar-refractivity contribution in [2.75, 3.05) is 13.2 Å². The zero-order valence-corrected chi connectivity index (χ0v) is 42.7. The molecular weight excluding hydrogens is 993 g/mol. The number of guanidine groups is 1. The number of nitrogens with one attached hydrogen (secondary N) is 8. The number of aliphatic hydroxyl groups is 2. The highest BCUT2D eigenvalue weighted by Crippen LogP contribution is 2.13. The predicted molar refractivity (Wildman–Crippen MR) is 265 cm³/mol. The molecule has 0 aliphatic rings. The zero-order valence-electron chi connectivity index (χ0n) is 42.7. The van der Waals surface area contributed by atoms with E-state index in [-0.39, 0.29) is 56.3 Å². The second-order valence-electron chi connectivity index (χ2n) is 18.4. The molecule has 75 heavy (non-hydrogen) atoms. The quantitative estimate of drug-likeness (QED) is 0.0175. The largest absolute Gasteiger partial charge is 0.508 e. The van der Waals surface area contributed by atoms with Gasteiger partial charge in [0.05, 0.1) is 18.8 Å². The molecule has 8 amide bonds. The second kappa shape index (κ2) is 32.5. The first-order chi connectivity index (χ1) is 35.0. The Hall–Kier alpha value is -7.66. The van der Waals surface area contributed by atoms with E-state index >= 15 is 0 Å². The summed E-state index contributed by atoms with van der Waals surface area (Å²) in [6.45, 7) is 7.71. The average molecular weight is 1070 g/mol. The molecule has 0 saturated carbocycles. The Kier molecular flexibility index (Phi) is 28.3. The van der Waals surface area contributed by atoms with Crippen LogP contribution in [-0.4, -0.2) is 175 Å². The van der Waals surface area contributed by atoms with E-state index in [9.17, 15) is 78.3 Å². The van der Waals surface area contributed by atoms with Crippen molar-refractivity contribution in [1.29, 1.82) is 0 Å². The number of carbonyl (C=O) groups is 11. The van der Waals surface area contributed by atoms with Crippen molar-refractivity contribution in [3.63, 3.8) is 0 Å². The molecule has 20 N–H and O–H groups in total. The molecule has 0 bridgehead atoms. The number of carbonyl (C=O) groups excluding carboxylic acids is 8. The molecule has 0 spiro atoms. The predicted octanol–water partition coefficient (Wildman–Crippen LogP) is -4.90. The van der Waals surface area contributed by atoms with E-state index in [0.29, 0.717) is 5.56 Å². The number of nitrogens with zero attached hydrogens (tertiary/aromatic N) is 1. The average Bonchev–Trinajstić information content (AvgIpc) is 3.31. The van der Waals surface area contributed by atoms with Gasteiger partial charge < -0.3 is 90.4 Å². The number of aliphatic carboxylic acids is 3. The molecule has 0 heterocycles. The van der Waals surface area contributed by atoms with Gasteiger partial charge in [0.1, 0.15) is 54.1 Å². The summed E-state index contributed by atoms with van der Waals surface area (Å²) in [7, 11) is 0. The van der Waals surface area contributed by atoms with Crippen LogP contribution < -0.4 is 59.7 Å². The minimum Gasteiger partial charge on any atom is -0.508 e. The molecule has 0 unspecified atom stereocenters. The Morgan fingerprint density at radius 2 is 1.03 bits per heavy atom. The molecule has 420 valence electrons. The van der Waals surface area contributed by atoms with Gasteiger partial charge in [-0.15, -0.1) is 0 Å². The summed E-state index contributed by atoms with van der Waals surface area (Å²) in [5.74, 6) is -13.5. The van der Waals surface area contributed by atoms with Gasteiger partial charge in [0.2, 0.25) is 47.3 Å². The molecule has 0 saturated heterocycles. The number of carboxylic acid groups (broad SMARTS) is 3. The van der Waals surface area contributed by atoms with Crippen LogP contribution in [0.1, 0.15) is 92.1 Å². The number of nitrogens with two attached hydrogens (primary N) is 3. The first-order valence-corrected chi connectivity index (χ1v) is 23.9. The van der Waals surface area contributed by atoms with Crippen LogP contribution >= 0.6 is 0 Å². The van der Waals surface area contributed by atoms with Crippen molar-refractivity contribution < 1.29 is 83.4 Å². The van der Waals surface area contributed by atoms with Crippen LogP contribution in [-0.2, 0) is 59.2 Å². The highest BCUT2D eigenvalue weighted by molar-refractivity contribution is 5.98. The van der Waals surface area contributed by atoms with Gasteiger partial charge in [0.15, 0.2) is 5.96 Å². The standard InChI is InChI=1S/C46H74N12O17/c1-21(2)18-30(54-44(73)36(24(6)60)58-38(67)27(47)13-15-33(62)63)41(70)52-28(8-7-17-50-46(48)49)39(68)56-32(20-59)42(71)51-23(5)37(66)57-35(22(3)4)43(72)53-29(14-16-34(64)65)40(69)55-31(45(74)75)19-25-9-11-26(61)12-10-25/h9-12,21-24,27-32,35-36,59-61H,7-8,13-20,47H2,1-6H3,(H,51,71)(H,52,70)(H,53,72)(H,54,73)(H,55,69)(H,56,68)(H,57,66)(H,58,67)(H,62,63)(H,64,65)(H,74,75)(H4,48,49,50)/t23-,24+,27-,28-,29-,30-,31-,32-,35-,36-/m0/s1. The Balaban J connectivity index is 3.26. The van der Waals surface area contributed by atoms with Gasteiger partial charge in [-0.05, 0) is 75.5 Å². The number of rotatable bonds is 34. The monoisotopic (exact) mass is 1070 g/mol. The lowest BCUT2D eigenvalue weighted by molar-refractivity contribution is -0.143. The van der Waals surface area contributed by atoms with Gasteiger partial charge >= 0.3 is 17.9 Å². The van der Waals surface area contributed by atoms with Crippen molar-refractivity contribution in [2.24, 2.45) is 34.0 Å². The number of aromatic hydroxyl groups is 1. The number of hydrogen-bond acceptors (Lipinski definition) is 16. The summed E-state index contributed by atoms with van der Waals surface area (Å²) >= 11 is 0. The molecule has 1 aromatic rings. The molecule has 0 aliphatic heterocycles. The van der Waals surface area contributed by atoms with Crippen LogP contribution in [0.5, 0.6) is 5.75 Å². The van der Waals surface area contributed by atoms with Gasteiger partial charge in [0.25, 0.3) is 0 Å². The van der Waals surface area contributed by atoms with E-state index in [1.165, 1.54) is 52.0 Å². The maximum absolute atomic E-state index is 13.9.